The van der Waals surface area contributed by atoms with Crippen LogP contribution in [0.3, 0.4) is 0 Å². The molecule has 1 aromatic heterocycles. The number of piperidine rings is 1. The molecule has 0 spiro atoms. The van der Waals surface area contributed by atoms with E-state index in [0.717, 1.165) is 5.56 Å². The molecule has 1 aliphatic rings. The van der Waals surface area contributed by atoms with Crippen LogP contribution in [-0.2, 0) is 25.7 Å². The summed E-state index contributed by atoms with van der Waals surface area (Å²) in [6, 6.07) is 9.37. The van der Waals surface area contributed by atoms with Crippen molar-refractivity contribution < 1.29 is 28.4 Å². The predicted octanol–water partition coefficient (Wildman–Crippen LogP) is 1.31. The Morgan fingerprint density at radius 3 is 2.75 bits per heavy atom. The smallest absolute Gasteiger partial charge is 0.408 e. The largest absolute Gasteiger partial charge is 0.445 e. The van der Waals surface area contributed by atoms with E-state index in [9.17, 15) is 19.2 Å². The number of Topliss-reactive ketones (excluding diaryl/α,β-unsaturated/α-hetero) is 2. The topological polar surface area (TPSA) is 128 Å². The number of rotatable bonds is 7. The Morgan fingerprint density at radius 1 is 1.25 bits per heavy atom. The second-order valence-corrected chi connectivity index (χ2v) is 6.34. The van der Waals surface area contributed by atoms with Crippen molar-refractivity contribution in [2.45, 2.75) is 25.5 Å². The first-order valence-electron chi connectivity index (χ1n) is 8.77. The molecule has 2 atom stereocenters. The number of carbonyl (C=O) groups excluding carboxylic acids is 4. The van der Waals surface area contributed by atoms with Crippen LogP contribution < -0.4 is 10.6 Å². The molecule has 2 N–H and O–H groups in total. The molecule has 2 amide bonds. The molecule has 2 unspecified atom stereocenters. The Bertz CT molecular complexity index is 850. The second-order valence-electron chi connectivity index (χ2n) is 6.34. The first-order chi connectivity index (χ1) is 13.5. The standard InChI is InChI=1S/C19H19N3O6/c23-15(10-13-6-8-20-18(25)17(13)24)16(14-7-9-28-22-14)21-19(26)27-11-12-4-2-1-3-5-12/h1-5,7,9,13,16H,6,8,10-11H2,(H,20,25)(H,21,26). The zero-order valence-electron chi connectivity index (χ0n) is 14.9. The summed E-state index contributed by atoms with van der Waals surface area (Å²) in [6.07, 6.45) is 0.632. The number of ketones is 2. The van der Waals surface area contributed by atoms with Crippen LogP contribution >= 0.6 is 0 Å². The van der Waals surface area contributed by atoms with Gasteiger partial charge >= 0.3 is 6.09 Å². The van der Waals surface area contributed by atoms with Gasteiger partial charge in [0, 0.05) is 24.9 Å². The fraction of sp³-hybridized carbons (Fsp3) is 0.316. The molecule has 2 aromatic rings. The molecule has 1 fully saturated rings. The minimum Gasteiger partial charge on any atom is -0.445 e. The molecule has 0 saturated carbocycles. The lowest BCUT2D eigenvalue weighted by Gasteiger charge is -2.22. The number of hydrogen-bond donors (Lipinski definition) is 2. The van der Waals surface area contributed by atoms with Gasteiger partial charge in [0.2, 0.25) is 5.78 Å². The maximum absolute atomic E-state index is 12.7. The quantitative estimate of drug-likeness (QED) is 0.688. The summed E-state index contributed by atoms with van der Waals surface area (Å²) in [5, 5.41) is 8.61. The van der Waals surface area contributed by atoms with Gasteiger partial charge in [-0.25, -0.2) is 4.79 Å². The van der Waals surface area contributed by atoms with Gasteiger partial charge in [-0.3, -0.25) is 14.4 Å². The molecule has 0 bridgehead atoms. The van der Waals surface area contributed by atoms with E-state index in [-0.39, 0.29) is 18.7 Å². The molecule has 3 rings (SSSR count). The second kappa shape index (κ2) is 8.94. The van der Waals surface area contributed by atoms with E-state index in [0.29, 0.717) is 13.0 Å². The minimum absolute atomic E-state index is 0.0354. The molecule has 9 heteroatoms. The molecule has 0 aliphatic carbocycles. The average molecular weight is 385 g/mol. The molecular formula is C19H19N3O6. The van der Waals surface area contributed by atoms with Crippen molar-refractivity contribution in [1.82, 2.24) is 15.8 Å². The Balaban J connectivity index is 1.64. The van der Waals surface area contributed by atoms with E-state index in [1.165, 1.54) is 12.3 Å². The van der Waals surface area contributed by atoms with Gasteiger partial charge in [0.05, 0.1) is 0 Å². The van der Waals surface area contributed by atoms with E-state index in [1.807, 2.05) is 18.2 Å². The van der Waals surface area contributed by atoms with Crippen LogP contribution in [0.25, 0.3) is 0 Å². The highest BCUT2D eigenvalue weighted by atomic mass is 16.5. The summed E-state index contributed by atoms with van der Waals surface area (Å²) in [4.78, 5) is 48.3. The van der Waals surface area contributed by atoms with E-state index in [4.69, 9.17) is 9.26 Å². The number of nitrogens with zero attached hydrogens (tertiary/aromatic N) is 1. The zero-order valence-corrected chi connectivity index (χ0v) is 14.9. The highest BCUT2D eigenvalue weighted by Crippen LogP contribution is 2.21. The van der Waals surface area contributed by atoms with Crippen molar-refractivity contribution in [3.8, 4) is 0 Å². The van der Waals surface area contributed by atoms with Crippen LogP contribution in [0.5, 0.6) is 0 Å². The first-order valence-corrected chi connectivity index (χ1v) is 8.77. The fourth-order valence-electron chi connectivity index (χ4n) is 2.89. The summed E-state index contributed by atoms with van der Waals surface area (Å²) in [5.74, 6) is -2.51. The van der Waals surface area contributed by atoms with E-state index in [1.54, 1.807) is 12.1 Å². The van der Waals surface area contributed by atoms with Crippen LogP contribution in [0.4, 0.5) is 4.79 Å². The van der Waals surface area contributed by atoms with Crippen LogP contribution in [-0.4, -0.2) is 35.3 Å². The van der Waals surface area contributed by atoms with Gasteiger partial charge < -0.3 is 19.9 Å². The highest BCUT2D eigenvalue weighted by molar-refractivity contribution is 6.37. The fourth-order valence-corrected chi connectivity index (χ4v) is 2.89. The SMILES string of the molecule is O=C(NC(C(=O)CC1CCNC(=O)C1=O)c1ccon1)OCc1ccccc1. The third kappa shape index (κ3) is 4.81. The normalized spacial score (nSPS) is 17.5. The van der Waals surface area contributed by atoms with Gasteiger partial charge in [-0.05, 0) is 12.0 Å². The predicted molar refractivity (Wildman–Crippen MR) is 94.8 cm³/mol. The molecule has 9 nitrogen and oxygen atoms in total. The van der Waals surface area contributed by atoms with Crippen LogP contribution in [0.2, 0.25) is 0 Å². The van der Waals surface area contributed by atoms with Crippen LogP contribution in [0.15, 0.2) is 47.2 Å². The van der Waals surface area contributed by atoms with Crippen molar-refractivity contribution >= 4 is 23.6 Å². The Morgan fingerprint density at radius 2 is 2.04 bits per heavy atom. The monoisotopic (exact) mass is 385 g/mol. The van der Waals surface area contributed by atoms with Crippen molar-refractivity contribution in [1.29, 1.82) is 0 Å². The number of hydrogen-bond acceptors (Lipinski definition) is 7. The number of carbonyl (C=O) groups is 4. The zero-order chi connectivity index (χ0) is 19.9. The Labute approximate surface area is 160 Å². The minimum atomic E-state index is -1.14. The number of ether oxygens (including phenoxy) is 1. The van der Waals surface area contributed by atoms with Crippen LogP contribution in [0, 0.1) is 5.92 Å². The molecule has 2 heterocycles. The van der Waals surface area contributed by atoms with E-state index in [2.05, 4.69) is 15.8 Å². The lowest BCUT2D eigenvalue weighted by Crippen LogP contribution is -2.44. The van der Waals surface area contributed by atoms with Crippen molar-refractivity contribution in [3.05, 3.63) is 53.9 Å². The van der Waals surface area contributed by atoms with E-state index < -0.39 is 35.5 Å². The maximum atomic E-state index is 12.7. The average Bonchev–Trinajstić information content (AvgIpc) is 3.23. The molecule has 0 radical (unpaired) electrons. The lowest BCUT2D eigenvalue weighted by molar-refractivity contribution is -0.143. The molecule has 1 saturated heterocycles. The van der Waals surface area contributed by atoms with Gasteiger partial charge in [0.25, 0.3) is 5.91 Å². The summed E-state index contributed by atoms with van der Waals surface area (Å²) in [7, 11) is 0. The molecule has 1 aromatic carbocycles. The van der Waals surface area contributed by atoms with Crippen molar-refractivity contribution in [3.63, 3.8) is 0 Å². The summed E-state index contributed by atoms with van der Waals surface area (Å²) >= 11 is 0. The lowest BCUT2D eigenvalue weighted by atomic mass is 9.88. The molecule has 28 heavy (non-hydrogen) atoms. The summed E-state index contributed by atoms with van der Waals surface area (Å²) in [5.41, 5.74) is 0.982. The molecule has 146 valence electrons. The molecule has 1 aliphatic heterocycles. The highest BCUT2D eigenvalue weighted by Gasteiger charge is 2.34. The Hall–Kier alpha value is -3.49. The summed E-state index contributed by atoms with van der Waals surface area (Å²) in [6.45, 7) is 0.359. The molecular weight excluding hydrogens is 366 g/mol. The maximum Gasteiger partial charge on any atom is 0.408 e. The van der Waals surface area contributed by atoms with Crippen molar-refractivity contribution in [2.75, 3.05) is 6.54 Å². The van der Waals surface area contributed by atoms with Crippen molar-refractivity contribution in [2.24, 2.45) is 5.92 Å². The van der Waals surface area contributed by atoms with E-state index >= 15 is 0 Å². The van der Waals surface area contributed by atoms with Crippen LogP contribution in [0.1, 0.15) is 30.1 Å². The number of alkyl carbamates (subject to hydrolysis) is 1. The van der Waals surface area contributed by atoms with Gasteiger partial charge in [-0.2, -0.15) is 0 Å². The third-order valence-corrected chi connectivity index (χ3v) is 4.37. The number of nitrogens with one attached hydrogen (secondary N) is 2. The Kier molecular flexibility index (Phi) is 6.15. The first kappa shape index (κ1) is 19.3. The summed E-state index contributed by atoms with van der Waals surface area (Å²) < 4.78 is 9.90. The van der Waals surface area contributed by atoms with Gasteiger partial charge in [-0.15, -0.1) is 0 Å². The van der Waals surface area contributed by atoms with Gasteiger partial charge in [-0.1, -0.05) is 35.5 Å². The third-order valence-electron chi connectivity index (χ3n) is 4.37. The van der Waals surface area contributed by atoms with Gasteiger partial charge in [0.1, 0.15) is 24.6 Å². The van der Waals surface area contributed by atoms with Gasteiger partial charge in [0.15, 0.2) is 5.78 Å². The number of amides is 2. The number of benzene rings is 1. The number of aromatic nitrogens is 1.